The summed E-state index contributed by atoms with van der Waals surface area (Å²) in [5.74, 6) is 0.674. The highest BCUT2D eigenvalue weighted by Crippen LogP contribution is 2.34. The molecular formula is C12H20N2O2. The van der Waals surface area contributed by atoms with Crippen LogP contribution in [0.4, 0.5) is 4.79 Å². The molecule has 1 aliphatic carbocycles. The smallest absolute Gasteiger partial charge is 0.410 e. The zero-order valence-corrected chi connectivity index (χ0v) is 9.65. The Balaban J connectivity index is 1.62. The van der Waals surface area contributed by atoms with Gasteiger partial charge in [0.05, 0.1) is 6.04 Å². The molecule has 0 radical (unpaired) electrons. The molecule has 2 saturated heterocycles. The molecule has 3 fully saturated rings. The van der Waals surface area contributed by atoms with Crippen LogP contribution in [0.5, 0.6) is 0 Å². The molecule has 1 amide bonds. The summed E-state index contributed by atoms with van der Waals surface area (Å²) in [6.45, 7) is 3.12. The number of nitrogens with zero attached hydrogens (tertiary/aromatic N) is 1. The fourth-order valence-electron chi connectivity index (χ4n) is 3.29. The summed E-state index contributed by atoms with van der Waals surface area (Å²) >= 11 is 0. The van der Waals surface area contributed by atoms with Crippen LogP contribution in [-0.4, -0.2) is 42.8 Å². The van der Waals surface area contributed by atoms with Crippen LogP contribution < -0.4 is 5.32 Å². The predicted octanol–water partition coefficient (Wildman–Crippen LogP) is 1.36. The van der Waals surface area contributed by atoms with E-state index in [1.807, 2.05) is 4.90 Å². The van der Waals surface area contributed by atoms with Crippen molar-refractivity contribution in [2.45, 2.75) is 44.2 Å². The molecule has 0 bridgehead atoms. The third kappa shape index (κ3) is 1.79. The summed E-state index contributed by atoms with van der Waals surface area (Å²) < 4.78 is 5.41. The maximum Gasteiger partial charge on any atom is 0.410 e. The highest BCUT2D eigenvalue weighted by atomic mass is 16.6. The zero-order chi connectivity index (χ0) is 11.0. The predicted molar refractivity (Wildman–Crippen MR) is 60.2 cm³/mol. The molecule has 2 heterocycles. The first-order valence-corrected chi connectivity index (χ1v) is 6.52. The van der Waals surface area contributed by atoms with E-state index in [2.05, 4.69) is 5.32 Å². The summed E-state index contributed by atoms with van der Waals surface area (Å²) in [6, 6.07) is 0.391. The van der Waals surface area contributed by atoms with E-state index in [0.717, 1.165) is 32.5 Å². The number of hydrogen-bond acceptors (Lipinski definition) is 3. The number of carbonyl (C=O) groups excluding carboxylic acids is 1. The summed E-state index contributed by atoms with van der Waals surface area (Å²) in [6.07, 6.45) is 5.95. The molecular weight excluding hydrogens is 204 g/mol. The van der Waals surface area contributed by atoms with E-state index < -0.39 is 0 Å². The first-order valence-electron chi connectivity index (χ1n) is 6.52. The third-order valence-corrected chi connectivity index (χ3v) is 4.22. The Morgan fingerprint density at radius 1 is 1.25 bits per heavy atom. The number of ether oxygens (including phenoxy) is 1. The summed E-state index contributed by atoms with van der Waals surface area (Å²) in [7, 11) is 0. The van der Waals surface area contributed by atoms with Gasteiger partial charge >= 0.3 is 6.09 Å². The SMILES string of the molecule is O=C1OC2CCCC2N1CC1CCNCC1. The summed E-state index contributed by atoms with van der Waals surface area (Å²) in [4.78, 5) is 13.8. The topological polar surface area (TPSA) is 41.6 Å². The quantitative estimate of drug-likeness (QED) is 0.770. The monoisotopic (exact) mass is 224 g/mol. The molecule has 0 aromatic carbocycles. The molecule has 2 unspecified atom stereocenters. The maximum atomic E-state index is 11.7. The lowest BCUT2D eigenvalue weighted by Gasteiger charge is -2.28. The van der Waals surface area contributed by atoms with Crippen LogP contribution in [0.3, 0.4) is 0 Å². The molecule has 3 rings (SSSR count). The van der Waals surface area contributed by atoms with Gasteiger partial charge < -0.3 is 15.0 Å². The minimum Gasteiger partial charge on any atom is -0.444 e. The van der Waals surface area contributed by atoms with Gasteiger partial charge in [-0.05, 0) is 51.1 Å². The van der Waals surface area contributed by atoms with Gasteiger partial charge in [0, 0.05) is 6.54 Å². The molecule has 0 spiro atoms. The van der Waals surface area contributed by atoms with Crippen molar-refractivity contribution in [3.8, 4) is 0 Å². The first-order chi connectivity index (χ1) is 7.84. The van der Waals surface area contributed by atoms with Crippen molar-refractivity contribution in [2.24, 2.45) is 5.92 Å². The van der Waals surface area contributed by atoms with Crippen molar-refractivity contribution >= 4 is 6.09 Å². The Morgan fingerprint density at radius 3 is 2.88 bits per heavy atom. The average Bonchev–Trinajstić information content (AvgIpc) is 2.84. The van der Waals surface area contributed by atoms with Crippen LogP contribution in [0.15, 0.2) is 0 Å². The van der Waals surface area contributed by atoms with Gasteiger partial charge in [0.15, 0.2) is 0 Å². The molecule has 3 aliphatic rings. The number of fused-ring (bicyclic) bond motifs is 1. The van der Waals surface area contributed by atoms with E-state index in [4.69, 9.17) is 4.74 Å². The Bertz CT molecular complexity index is 276. The molecule has 0 aromatic rings. The molecule has 2 aliphatic heterocycles. The van der Waals surface area contributed by atoms with Crippen molar-refractivity contribution in [1.29, 1.82) is 0 Å². The number of amides is 1. The van der Waals surface area contributed by atoms with Crippen LogP contribution in [0, 0.1) is 5.92 Å². The maximum absolute atomic E-state index is 11.7. The van der Waals surface area contributed by atoms with E-state index in [-0.39, 0.29) is 12.2 Å². The van der Waals surface area contributed by atoms with Crippen molar-refractivity contribution in [2.75, 3.05) is 19.6 Å². The fourth-order valence-corrected chi connectivity index (χ4v) is 3.29. The first kappa shape index (κ1) is 10.4. The van der Waals surface area contributed by atoms with Gasteiger partial charge in [0.1, 0.15) is 6.10 Å². The standard InChI is InChI=1S/C12H20N2O2/c15-12-14(8-9-4-6-13-7-5-9)10-2-1-3-11(10)16-12/h9-11,13H,1-8H2. The number of nitrogens with one attached hydrogen (secondary N) is 1. The second-order valence-corrected chi connectivity index (χ2v) is 5.27. The lowest BCUT2D eigenvalue weighted by atomic mass is 9.97. The van der Waals surface area contributed by atoms with Gasteiger partial charge in [0.25, 0.3) is 0 Å². The van der Waals surface area contributed by atoms with E-state index in [1.54, 1.807) is 0 Å². The minimum atomic E-state index is -0.0618. The van der Waals surface area contributed by atoms with Gasteiger partial charge in [-0.15, -0.1) is 0 Å². The van der Waals surface area contributed by atoms with Crippen LogP contribution >= 0.6 is 0 Å². The highest BCUT2D eigenvalue weighted by Gasteiger charge is 2.44. The van der Waals surface area contributed by atoms with E-state index in [0.29, 0.717) is 12.0 Å². The normalized spacial score (nSPS) is 35.2. The highest BCUT2D eigenvalue weighted by molar-refractivity contribution is 5.70. The van der Waals surface area contributed by atoms with Crippen molar-refractivity contribution in [3.05, 3.63) is 0 Å². The average molecular weight is 224 g/mol. The number of rotatable bonds is 2. The van der Waals surface area contributed by atoms with Crippen molar-refractivity contribution in [1.82, 2.24) is 10.2 Å². The van der Waals surface area contributed by atoms with E-state index >= 15 is 0 Å². The van der Waals surface area contributed by atoms with E-state index in [9.17, 15) is 4.79 Å². The lowest BCUT2D eigenvalue weighted by molar-refractivity contribution is 0.127. The minimum absolute atomic E-state index is 0.0618. The lowest BCUT2D eigenvalue weighted by Crippen LogP contribution is -2.40. The Kier molecular flexibility index (Phi) is 2.75. The van der Waals surface area contributed by atoms with Gasteiger partial charge in [-0.1, -0.05) is 0 Å². The fraction of sp³-hybridized carbons (Fsp3) is 0.917. The van der Waals surface area contributed by atoms with Gasteiger partial charge in [-0.2, -0.15) is 0 Å². The number of hydrogen-bond donors (Lipinski definition) is 1. The second kappa shape index (κ2) is 4.24. The van der Waals surface area contributed by atoms with Crippen molar-refractivity contribution in [3.63, 3.8) is 0 Å². The van der Waals surface area contributed by atoms with Crippen LogP contribution in [0.2, 0.25) is 0 Å². The van der Waals surface area contributed by atoms with Gasteiger partial charge in [0.2, 0.25) is 0 Å². The summed E-state index contributed by atoms with van der Waals surface area (Å²) in [5.41, 5.74) is 0. The third-order valence-electron chi connectivity index (χ3n) is 4.22. The number of piperidine rings is 1. The van der Waals surface area contributed by atoms with Crippen molar-refractivity contribution < 1.29 is 9.53 Å². The van der Waals surface area contributed by atoms with Crippen LogP contribution in [0.1, 0.15) is 32.1 Å². The Morgan fingerprint density at radius 2 is 2.06 bits per heavy atom. The second-order valence-electron chi connectivity index (χ2n) is 5.27. The van der Waals surface area contributed by atoms with E-state index in [1.165, 1.54) is 19.3 Å². The van der Waals surface area contributed by atoms with Crippen LogP contribution in [-0.2, 0) is 4.74 Å². The van der Waals surface area contributed by atoms with Gasteiger partial charge in [-0.3, -0.25) is 0 Å². The largest absolute Gasteiger partial charge is 0.444 e. The molecule has 90 valence electrons. The molecule has 16 heavy (non-hydrogen) atoms. The molecule has 1 saturated carbocycles. The molecule has 4 heteroatoms. The molecule has 1 N–H and O–H groups in total. The summed E-state index contributed by atoms with van der Waals surface area (Å²) in [5, 5.41) is 3.36. The Hall–Kier alpha value is -0.770. The van der Waals surface area contributed by atoms with Crippen LogP contribution in [0.25, 0.3) is 0 Å². The Labute approximate surface area is 96.3 Å². The number of carbonyl (C=O) groups is 1. The molecule has 0 aromatic heterocycles. The molecule has 2 atom stereocenters. The molecule has 4 nitrogen and oxygen atoms in total. The zero-order valence-electron chi connectivity index (χ0n) is 9.65. The van der Waals surface area contributed by atoms with Gasteiger partial charge in [-0.25, -0.2) is 4.79 Å².